The average molecular weight is 206 g/mol. The third-order valence-corrected chi connectivity index (χ3v) is 2.70. The van der Waals surface area contributed by atoms with Crippen LogP contribution in [0.5, 0.6) is 5.75 Å². The second-order valence-electron chi connectivity index (χ2n) is 3.79. The maximum atomic E-state index is 10.9. The van der Waals surface area contributed by atoms with Crippen molar-refractivity contribution in [2.75, 3.05) is 6.61 Å². The minimum absolute atomic E-state index is 0.184. The van der Waals surface area contributed by atoms with Gasteiger partial charge in [0.25, 0.3) is 0 Å². The smallest absolute Gasteiger partial charge is 0.234 e. The summed E-state index contributed by atoms with van der Waals surface area (Å²) in [5.74, 6) is 0.613. The molecule has 0 aromatic heterocycles. The van der Waals surface area contributed by atoms with Gasteiger partial charge >= 0.3 is 0 Å². The molecule has 0 radical (unpaired) electrons. The molecule has 15 heavy (non-hydrogen) atoms. The lowest BCUT2D eigenvalue weighted by Gasteiger charge is -2.12. The Morgan fingerprint density at radius 2 is 2.27 bits per heavy atom. The van der Waals surface area contributed by atoms with Crippen LogP contribution in [0.2, 0.25) is 0 Å². The van der Waals surface area contributed by atoms with E-state index in [-0.39, 0.29) is 5.92 Å². The van der Waals surface area contributed by atoms with Crippen LogP contribution in [0.25, 0.3) is 0 Å². The highest BCUT2D eigenvalue weighted by Crippen LogP contribution is 2.35. The summed E-state index contributed by atoms with van der Waals surface area (Å²) in [5.41, 5.74) is 11.9. The van der Waals surface area contributed by atoms with Crippen molar-refractivity contribution in [1.29, 1.82) is 0 Å². The second kappa shape index (κ2) is 3.90. The van der Waals surface area contributed by atoms with Crippen molar-refractivity contribution in [2.24, 2.45) is 11.5 Å². The van der Waals surface area contributed by atoms with E-state index in [0.717, 1.165) is 11.3 Å². The highest BCUT2D eigenvalue weighted by atomic mass is 16.5. The van der Waals surface area contributed by atoms with Crippen LogP contribution in [0.3, 0.4) is 0 Å². The molecule has 1 aromatic carbocycles. The molecule has 2 atom stereocenters. The van der Waals surface area contributed by atoms with Crippen LogP contribution >= 0.6 is 0 Å². The summed E-state index contributed by atoms with van der Waals surface area (Å²) in [5, 5.41) is 0. The molecule has 0 bridgehead atoms. The van der Waals surface area contributed by atoms with Gasteiger partial charge in [0.05, 0.1) is 12.6 Å². The molecule has 2 unspecified atom stereocenters. The van der Waals surface area contributed by atoms with Crippen LogP contribution in [0.4, 0.5) is 0 Å². The number of hydrogen-bond acceptors (Lipinski definition) is 3. The van der Waals surface area contributed by atoms with Gasteiger partial charge in [-0.3, -0.25) is 4.79 Å². The van der Waals surface area contributed by atoms with Gasteiger partial charge in [-0.05, 0) is 12.5 Å². The quantitative estimate of drug-likeness (QED) is 0.749. The highest BCUT2D eigenvalue weighted by molar-refractivity contribution is 5.79. The van der Waals surface area contributed by atoms with E-state index in [1.54, 1.807) is 0 Å². The fourth-order valence-corrected chi connectivity index (χ4v) is 1.85. The molecule has 4 N–H and O–H groups in total. The molecule has 4 nitrogen and oxygen atoms in total. The molecule has 80 valence electrons. The Bertz CT molecular complexity index is 379. The molecular weight excluding hydrogens is 192 g/mol. The van der Waals surface area contributed by atoms with Crippen LogP contribution in [0.1, 0.15) is 17.9 Å². The van der Waals surface area contributed by atoms with Crippen LogP contribution in [0.15, 0.2) is 24.3 Å². The molecular formula is C11H14N2O2. The van der Waals surface area contributed by atoms with E-state index in [9.17, 15) is 4.79 Å². The number of hydrogen-bond donors (Lipinski definition) is 2. The molecule has 4 heteroatoms. The van der Waals surface area contributed by atoms with Crippen molar-refractivity contribution in [3.05, 3.63) is 29.8 Å². The molecule has 0 saturated carbocycles. The average Bonchev–Trinajstić information content (AvgIpc) is 2.62. The first-order chi connectivity index (χ1) is 7.18. The SMILES string of the molecule is NC(=O)C(N)CC1COc2ccccc21. The number of nitrogens with two attached hydrogens (primary N) is 2. The Labute approximate surface area is 88.2 Å². The summed E-state index contributed by atoms with van der Waals surface area (Å²) in [6.45, 7) is 0.584. The number of carbonyl (C=O) groups excluding carboxylic acids is 1. The van der Waals surface area contributed by atoms with Crippen molar-refractivity contribution in [3.8, 4) is 5.75 Å². The number of para-hydroxylation sites is 1. The third kappa shape index (κ3) is 1.94. The Balaban J connectivity index is 2.11. The predicted octanol–water partition coefficient (Wildman–Crippen LogP) is 0.365. The van der Waals surface area contributed by atoms with E-state index in [1.807, 2.05) is 24.3 Å². The van der Waals surface area contributed by atoms with Gasteiger partial charge < -0.3 is 16.2 Å². The third-order valence-electron chi connectivity index (χ3n) is 2.70. The van der Waals surface area contributed by atoms with Gasteiger partial charge in [0, 0.05) is 11.5 Å². The number of fused-ring (bicyclic) bond motifs is 1. The summed E-state index contributed by atoms with van der Waals surface area (Å²) in [4.78, 5) is 10.9. The molecule has 1 aromatic rings. The normalized spacial score (nSPS) is 20.5. The minimum Gasteiger partial charge on any atom is -0.493 e. The van der Waals surface area contributed by atoms with Gasteiger partial charge in [0.1, 0.15) is 5.75 Å². The fourth-order valence-electron chi connectivity index (χ4n) is 1.85. The summed E-state index contributed by atoms with van der Waals surface area (Å²) < 4.78 is 5.48. The van der Waals surface area contributed by atoms with E-state index >= 15 is 0 Å². The van der Waals surface area contributed by atoms with Gasteiger partial charge in [0.15, 0.2) is 0 Å². The topological polar surface area (TPSA) is 78.3 Å². The van der Waals surface area contributed by atoms with Crippen molar-refractivity contribution < 1.29 is 9.53 Å². The van der Waals surface area contributed by atoms with E-state index < -0.39 is 11.9 Å². The molecule has 0 aliphatic carbocycles. The summed E-state index contributed by atoms with van der Waals surface area (Å²) in [6.07, 6.45) is 0.548. The molecule has 1 aliphatic heterocycles. The van der Waals surface area contributed by atoms with Crippen LogP contribution in [-0.2, 0) is 4.79 Å². The van der Waals surface area contributed by atoms with Crippen molar-refractivity contribution in [2.45, 2.75) is 18.4 Å². The van der Waals surface area contributed by atoms with Crippen molar-refractivity contribution in [1.82, 2.24) is 0 Å². The molecule has 0 fully saturated rings. The molecule has 1 heterocycles. The lowest BCUT2D eigenvalue weighted by Crippen LogP contribution is -2.37. The van der Waals surface area contributed by atoms with E-state index in [0.29, 0.717) is 13.0 Å². The van der Waals surface area contributed by atoms with Crippen LogP contribution in [0, 0.1) is 0 Å². The lowest BCUT2D eigenvalue weighted by atomic mass is 9.94. The Morgan fingerprint density at radius 3 is 3.00 bits per heavy atom. The van der Waals surface area contributed by atoms with Gasteiger partial charge in [-0.25, -0.2) is 0 Å². The molecule has 1 aliphatic rings. The van der Waals surface area contributed by atoms with Gasteiger partial charge in [-0.15, -0.1) is 0 Å². The molecule has 1 amide bonds. The first kappa shape index (κ1) is 9.98. The first-order valence-corrected chi connectivity index (χ1v) is 4.95. The predicted molar refractivity (Wildman–Crippen MR) is 56.5 cm³/mol. The maximum Gasteiger partial charge on any atom is 0.234 e. The summed E-state index contributed by atoms with van der Waals surface area (Å²) in [7, 11) is 0. The zero-order chi connectivity index (χ0) is 10.8. The van der Waals surface area contributed by atoms with Crippen molar-refractivity contribution in [3.63, 3.8) is 0 Å². The van der Waals surface area contributed by atoms with E-state index in [2.05, 4.69) is 0 Å². The van der Waals surface area contributed by atoms with E-state index in [1.165, 1.54) is 0 Å². The number of primary amides is 1. The monoisotopic (exact) mass is 206 g/mol. The molecule has 0 spiro atoms. The Hall–Kier alpha value is -1.55. The van der Waals surface area contributed by atoms with Gasteiger partial charge in [-0.1, -0.05) is 18.2 Å². The van der Waals surface area contributed by atoms with Crippen molar-refractivity contribution >= 4 is 5.91 Å². The van der Waals surface area contributed by atoms with Gasteiger partial charge in [-0.2, -0.15) is 0 Å². The first-order valence-electron chi connectivity index (χ1n) is 4.95. The number of benzene rings is 1. The fraction of sp³-hybridized carbons (Fsp3) is 0.364. The highest BCUT2D eigenvalue weighted by Gasteiger charge is 2.26. The summed E-state index contributed by atoms with van der Waals surface area (Å²) >= 11 is 0. The van der Waals surface area contributed by atoms with E-state index in [4.69, 9.17) is 16.2 Å². The van der Waals surface area contributed by atoms with Gasteiger partial charge in [0.2, 0.25) is 5.91 Å². The zero-order valence-corrected chi connectivity index (χ0v) is 8.35. The molecule has 2 rings (SSSR count). The maximum absolute atomic E-state index is 10.9. The second-order valence-corrected chi connectivity index (χ2v) is 3.79. The number of amides is 1. The standard InChI is InChI=1S/C11H14N2O2/c12-9(11(13)14)5-7-6-15-10-4-2-1-3-8(7)10/h1-4,7,9H,5-6,12H2,(H2,13,14). The number of rotatable bonds is 3. The summed E-state index contributed by atoms with van der Waals surface area (Å²) in [6, 6.07) is 7.21. The van der Waals surface area contributed by atoms with Crippen LogP contribution < -0.4 is 16.2 Å². The largest absolute Gasteiger partial charge is 0.493 e. The Morgan fingerprint density at radius 1 is 1.53 bits per heavy atom. The number of ether oxygens (including phenoxy) is 1. The number of carbonyl (C=O) groups is 1. The minimum atomic E-state index is -0.593. The Kier molecular flexibility index (Phi) is 2.60. The van der Waals surface area contributed by atoms with Crippen LogP contribution in [-0.4, -0.2) is 18.6 Å². The molecule has 0 saturated heterocycles. The lowest BCUT2D eigenvalue weighted by molar-refractivity contribution is -0.119. The zero-order valence-electron chi connectivity index (χ0n) is 8.35.